The van der Waals surface area contributed by atoms with Crippen LogP contribution in [-0.2, 0) is 0 Å². The average Bonchev–Trinajstić information content (AvgIpc) is 2.73. The summed E-state index contributed by atoms with van der Waals surface area (Å²) < 4.78 is 0. The molecule has 4 rings (SSSR count). The van der Waals surface area contributed by atoms with Crippen molar-refractivity contribution in [2.45, 2.75) is 0 Å². The fourth-order valence-electron chi connectivity index (χ4n) is 3.01. The van der Waals surface area contributed by atoms with Gasteiger partial charge in [0.05, 0.1) is 5.70 Å². The summed E-state index contributed by atoms with van der Waals surface area (Å²) in [5.74, 6) is -0.704. The number of fused-ring (bicyclic) bond motifs is 1. The number of nitrogens with one attached hydrogen (secondary N) is 2. The molecule has 29 heavy (non-hydrogen) atoms. The predicted octanol–water partition coefficient (Wildman–Crippen LogP) is 4.97. The summed E-state index contributed by atoms with van der Waals surface area (Å²) >= 11 is 5.83. The Bertz CT molecular complexity index is 1150. The van der Waals surface area contributed by atoms with Gasteiger partial charge in [0.25, 0.3) is 5.91 Å². The molecular formula is C23H15ClN2O3. The third kappa shape index (κ3) is 3.95. The Labute approximate surface area is 172 Å². The van der Waals surface area contributed by atoms with E-state index in [0.29, 0.717) is 33.1 Å². The Hall–Kier alpha value is -3.70. The highest BCUT2D eigenvalue weighted by atomic mass is 35.5. The largest absolute Gasteiger partial charge is 0.352 e. The Kier molecular flexibility index (Phi) is 4.97. The molecule has 0 radical (unpaired) electrons. The molecule has 0 saturated heterocycles. The van der Waals surface area contributed by atoms with Crippen LogP contribution in [0.4, 0.5) is 11.4 Å². The van der Waals surface area contributed by atoms with Gasteiger partial charge in [0, 0.05) is 39.2 Å². The van der Waals surface area contributed by atoms with Gasteiger partial charge in [0.2, 0.25) is 5.78 Å². The van der Waals surface area contributed by atoms with Crippen LogP contribution in [0.3, 0.4) is 0 Å². The highest BCUT2D eigenvalue weighted by molar-refractivity contribution is 6.30. The van der Waals surface area contributed by atoms with Gasteiger partial charge in [-0.15, -0.1) is 0 Å². The first-order valence-corrected chi connectivity index (χ1v) is 9.23. The molecule has 5 nitrogen and oxygen atoms in total. The molecule has 0 fully saturated rings. The van der Waals surface area contributed by atoms with Crippen molar-refractivity contribution in [3.8, 4) is 0 Å². The first-order valence-electron chi connectivity index (χ1n) is 8.85. The van der Waals surface area contributed by atoms with E-state index in [1.54, 1.807) is 72.8 Å². The minimum absolute atomic E-state index is 0.213. The zero-order chi connectivity index (χ0) is 20.4. The lowest BCUT2D eigenvalue weighted by atomic mass is 9.92. The van der Waals surface area contributed by atoms with Crippen LogP contribution in [0.25, 0.3) is 0 Å². The first-order chi connectivity index (χ1) is 14.0. The van der Waals surface area contributed by atoms with E-state index < -0.39 is 0 Å². The summed E-state index contributed by atoms with van der Waals surface area (Å²) in [7, 11) is 0. The summed E-state index contributed by atoms with van der Waals surface area (Å²) in [6, 6.07) is 20.2. The van der Waals surface area contributed by atoms with Crippen molar-refractivity contribution in [1.29, 1.82) is 0 Å². The first kappa shape index (κ1) is 18.7. The van der Waals surface area contributed by atoms with E-state index in [0.717, 1.165) is 0 Å². The predicted molar refractivity (Wildman–Crippen MR) is 113 cm³/mol. The molecule has 6 heteroatoms. The molecular weight excluding hydrogens is 388 g/mol. The van der Waals surface area contributed by atoms with Gasteiger partial charge < -0.3 is 10.6 Å². The van der Waals surface area contributed by atoms with E-state index in [-0.39, 0.29) is 23.2 Å². The van der Waals surface area contributed by atoms with Gasteiger partial charge in [-0.05, 0) is 48.5 Å². The fraction of sp³-hybridized carbons (Fsp3) is 0. The van der Waals surface area contributed by atoms with Crippen LogP contribution >= 0.6 is 11.6 Å². The molecule has 0 aliphatic heterocycles. The summed E-state index contributed by atoms with van der Waals surface area (Å²) in [5, 5.41) is 6.34. The molecule has 142 valence electrons. The molecule has 0 bridgehead atoms. The second-order valence-electron chi connectivity index (χ2n) is 6.46. The minimum atomic E-state index is -0.255. The molecule has 0 unspecified atom stereocenters. The maximum absolute atomic E-state index is 12.6. The molecule has 3 aromatic rings. The lowest BCUT2D eigenvalue weighted by Gasteiger charge is -2.16. The topological polar surface area (TPSA) is 75.3 Å². The highest BCUT2D eigenvalue weighted by Crippen LogP contribution is 2.23. The number of allylic oxidation sites excluding steroid dienone is 2. The number of ketones is 2. The highest BCUT2D eigenvalue weighted by Gasteiger charge is 2.25. The SMILES string of the molecule is O=C(Nc1ccc(NC2=CC(=O)c3ccccc3C2=O)cc1)c1ccc(Cl)cc1. The van der Waals surface area contributed by atoms with Crippen LogP contribution in [-0.4, -0.2) is 17.5 Å². The Morgan fingerprint density at radius 3 is 2.07 bits per heavy atom. The molecule has 1 aliphatic rings. The van der Waals surface area contributed by atoms with Gasteiger partial charge in [0.1, 0.15) is 0 Å². The number of anilines is 2. The van der Waals surface area contributed by atoms with Crippen molar-refractivity contribution in [2.24, 2.45) is 0 Å². The Balaban J connectivity index is 1.46. The smallest absolute Gasteiger partial charge is 0.255 e. The lowest BCUT2D eigenvalue weighted by molar-refractivity contribution is 0.0985. The van der Waals surface area contributed by atoms with Crippen molar-refractivity contribution < 1.29 is 14.4 Å². The molecule has 3 aromatic carbocycles. The summed E-state index contributed by atoms with van der Waals surface area (Å²) in [6.07, 6.45) is 1.31. The van der Waals surface area contributed by atoms with Crippen LogP contribution < -0.4 is 10.6 Å². The van der Waals surface area contributed by atoms with Crippen molar-refractivity contribution in [3.05, 3.63) is 106 Å². The van der Waals surface area contributed by atoms with E-state index in [1.807, 2.05) is 0 Å². The number of halogens is 1. The van der Waals surface area contributed by atoms with Crippen molar-refractivity contribution >= 4 is 40.4 Å². The standard InChI is InChI=1S/C23H15ClN2O3/c24-15-7-5-14(6-8-15)23(29)26-17-11-9-16(10-12-17)25-20-13-21(27)18-3-1-2-4-19(18)22(20)28/h1-13,25H,(H,26,29). The summed E-state index contributed by atoms with van der Waals surface area (Å²) in [5.41, 5.74) is 2.72. The second kappa shape index (κ2) is 7.73. The van der Waals surface area contributed by atoms with Crippen LogP contribution in [0.2, 0.25) is 5.02 Å². The van der Waals surface area contributed by atoms with Gasteiger partial charge in [-0.25, -0.2) is 0 Å². The average molecular weight is 403 g/mol. The number of carbonyl (C=O) groups excluding carboxylic acids is 3. The quantitative estimate of drug-likeness (QED) is 0.646. The molecule has 0 atom stereocenters. The number of rotatable bonds is 4. The zero-order valence-electron chi connectivity index (χ0n) is 15.1. The van der Waals surface area contributed by atoms with Crippen molar-refractivity contribution in [2.75, 3.05) is 10.6 Å². The molecule has 1 amide bonds. The van der Waals surface area contributed by atoms with E-state index in [1.165, 1.54) is 6.08 Å². The minimum Gasteiger partial charge on any atom is -0.352 e. The molecule has 1 aliphatic carbocycles. The maximum atomic E-state index is 12.6. The molecule has 0 spiro atoms. The Morgan fingerprint density at radius 2 is 1.38 bits per heavy atom. The third-order valence-electron chi connectivity index (χ3n) is 4.49. The number of hydrogen-bond acceptors (Lipinski definition) is 4. The summed E-state index contributed by atoms with van der Waals surface area (Å²) in [4.78, 5) is 37.1. The maximum Gasteiger partial charge on any atom is 0.255 e. The second-order valence-corrected chi connectivity index (χ2v) is 6.90. The van der Waals surface area contributed by atoms with Gasteiger partial charge in [-0.2, -0.15) is 0 Å². The summed E-state index contributed by atoms with van der Waals surface area (Å²) in [6.45, 7) is 0. The number of carbonyl (C=O) groups is 3. The molecule has 0 aromatic heterocycles. The normalized spacial score (nSPS) is 12.8. The molecule has 0 heterocycles. The fourth-order valence-corrected chi connectivity index (χ4v) is 3.13. The van der Waals surface area contributed by atoms with Gasteiger partial charge in [-0.1, -0.05) is 35.9 Å². The van der Waals surface area contributed by atoms with Crippen molar-refractivity contribution in [1.82, 2.24) is 0 Å². The van der Waals surface area contributed by atoms with E-state index in [4.69, 9.17) is 11.6 Å². The number of benzene rings is 3. The van der Waals surface area contributed by atoms with E-state index >= 15 is 0 Å². The van der Waals surface area contributed by atoms with Crippen LogP contribution in [0.5, 0.6) is 0 Å². The monoisotopic (exact) mass is 402 g/mol. The molecule has 0 saturated carbocycles. The van der Waals surface area contributed by atoms with Crippen molar-refractivity contribution in [3.63, 3.8) is 0 Å². The van der Waals surface area contributed by atoms with Gasteiger partial charge >= 0.3 is 0 Å². The number of Topliss-reactive ketones (excluding diaryl/α,β-unsaturated/α-hetero) is 1. The zero-order valence-corrected chi connectivity index (χ0v) is 15.9. The van der Waals surface area contributed by atoms with Crippen LogP contribution in [0.15, 0.2) is 84.6 Å². The third-order valence-corrected chi connectivity index (χ3v) is 4.74. The molecule has 2 N–H and O–H groups in total. The van der Waals surface area contributed by atoms with Crippen LogP contribution in [0, 0.1) is 0 Å². The van der Waals surface area contributed by atoms with Gasteiger partial charge in [-0.3, -0.25) is 14.4 Å². The van der Waals surface area contributed by atoms with E-state index in [2.05, 4.69) is 10.6 Å². The van der Waals surface area contributed by atoms with E-state index in [9.17, 15) is 14.4 Å². The lowest BCUT2D eigenvalue weighted by Crippen LogP contribution is -2.21. The Morgan fingerprint density at radius 1 is 0.759 bits per heavy atom. The van der Waals surface area contributed by atoms with Gasteiger partial charge in [0.15, 0.2) is 5.78 Å². The number of hydrogen-bond donors (Lipinski definition) is 2. The van der Waals surface area contributed by atoms with Crippen LogP contribution in [0.1, 0.15) is 31.1 Å². The number of amides is 1.